The Bertz CT molecular complexity index is 281. The van der Waals surface area contributed by atoms with E-state index < -0.39 is 0 Å². The van der Waals surface area contributed by atoms with Gasteiger partial charge >= 0.3 is 0 Å². The number of hydrogen-bond acceptors (Lipinski definition) is 7. The summed E-state index contributed by atoms with van der Waals surface area (Å²) < 4.78 is 21.1. The van der Waals surface area contributed by atoms with Crippen molar-refractivity contribution in [2.75, 3.05) is 65.9 Å². The first-order chi connectivity index (χ1) is 11.7. The molecular weight excluding hydrogens is 316 g/mol. The lowest BCUT2D eigenvalue weighted by atomic mass is 10.2. The molecule has 24 heavy (non-hydrogen) atoms. The van der Waals surface area contributed by atoms with Crippen molar-refractivity contribution in [3.05, 3.63) is 0 Å². The lowest BCUT2D eigenvalue weighted by Crippen LogP contribution is -2.27. The summed E-state index contributed by atoms with van der Waals surface area (Å²) in [6.45, 7) is 6.84. The lowest BCUT2D eigenvalue weighted by molar-refractivity contribution is -0.122. The van der Waals surface area contributed by atoms with Crippen molar-refractivity contribution in [3.63, 3.8) is 0 Å². The number of amides is 1. The molecular formula is C16H34N2O6. The Morgan fingerprint density at radius 1 is 0.958 bits per heavy atom. The standard InChI is InChI=1S/C16H34N2O6/c1-2-15(19)3-6-18-16(20)4-7-21-9-11-23-13-14-24-12-10-22-8-5-17/h15,19H,2-14,17H2,1H3,(H,18,20). The number of carbonyl (C=O) groups is 1. The van der Waals surface area contributed by atoms with Crippen LogP contribution in [0.3, 0.4) is 0 Å². The Labute approximate surface area is 145 Å². The van der Waals surface area contributed by atoms with Crippen LogP contribution in [-0.2, 0) is 23.7 Å². The fraction of sp³-hybridized carbons (Fsp3) is 0.938. The zero-order valence-electron chi connectivity index (χ0n) is 14.8. The summed E-state index contributed by atoms with van der Waals surface area (Å²) in [6.07, 6.45) is 1.25. The molecule has 144 valence electrons. The van der Waals surface area contributed by atoms with Gasteiger partial charge in [0.15, 0.2) is 0 Å². The normalized spacial score (nSPS) is 12.3. The highest BCUT2D eigenvalue weighted by Gasteiger charge is 2.03. The van der Waals surface area contributed by atoms with Gasteiger partial charge in [-0.1, -0.05) is 6.92 Å². The molecule has 0 saturated heterocycles. The largest absolute Gasteiger partial charge is 0.393 e. The van der Waals surface area contributed by atoms with E-state index in [1.165, 1.54) is 0 Å². The minimum atomic E-state index is -0.346. The summed E-state index contributed by atoms with van der Waals surface area (Å²) in [7, 11) is 0. The predicted molar refractivity (Wildman–Crippen MR) is 90.9 cm³/mol. The maximum absolute atomic E-state index is 11.5. The predicted octanol–water partition coefficient (Wildman–Crippen LogP) is -0.321. The van der Waals surface area contributed by atoms with E-state index in [4.69, 9.17) is 24.7 Å². The van der Waals surface area contributed by atoms with Gasteiger partial charge in [0.2, 0.25) is 5.91 Å². The van der Waals surface area contributed by atoms with Crippen molar-refractivity contribution in [2.24, 2.45) is 5.73 Å². The lowest BCUT2D eigenvalue weighted by Gasteiger charge is -2.09. The molecule has 0 aliphatic rings. The number of nitrogens with two attached hydrogens (primary N) is 1. The van der Waals surface area contributed by atoms with Crippen molar-refractivity contribution in [1.29, 1.82) is 0 Å². The van der Waals surface area contributed by atoms with E-state index >= 15 is 0 Å². The summed E-state index contributed by atoms with van der Waals surface area (Å²) in [5.74, 6) is -0.0653. The number of hydrogen-bond donors (Lipinski definition) is 3. The van der Waals surface area contributed by atoms with Gasteiger partial charge in [0.25, 0.3) is 0 Å². The van der Waals surface area contributed by atoms with Crippen molar-refractivity contribution in [2.45, 2.75) is 32.3 Å². The first-order valence-corrected chi connectivity index (χ1v) is 8.66. The van der Waals surface area contributed by atoms with Crippen LogP contribution in [0.1, 0.15) is 26.2 Å². The van der Waals surface area contributed by atoms with Crippen LogP contribution in [0.4, 0.5) is 0 Å². The number of rotatable bonds is 18. The van der Waals surface area contributed by atoms with Crippen LogP contribution in [0.25, 0.3) is 0 Å². The number of carbonyl (C=O) groups excluding carboxylic acids is 1. The van der Waals surface area contributed by atoms with Gasteiger partial charge in [-0.15, -0.1) is 0 Å². The minimum absolute atomic E-state index is 0.0653. The van der Waals surface area contributed by atoms with Crippen LogP contribution in [0.2, 0.25) is 0 Å². The average Bonchev–Trinajstić information content (AvgIpc) is 2.58. The van der Waals surface area contributed by atoms with Gasteiger partial charge in [-0.05, 0) is 12.8 Å². The molecule has 1 amide bonds. The Hall–Kier alpha value is -0.770. The fourth-order valence-corrected chi connectivity index (χ4v) is 1.68. The van der Waals surface area contributed by atoms with Gasteiger partial charge in [-0.25, -0.2) is 0 Å². The molecule has 0 spiro atoms. The van der Waals surface area contributed by atoms with Gasteiger partial charge < -0.3 is 35.1 Å². The van der Waals surface area contributed by atoms with E-state index in [1.807, 2.05) is 6.92 Å². The minimum Gasteiger partial charge on any atom is -0.393 e. The van der Waals surface area contributed by atoms with Crippen LogP contribution in [0.15, 0.2) is 0 Å². The van der Waals surface area contributed by atoms with Gasteiger partial charge in [-0.2, -0.15) is 0 Å². The molecule has 1 unspecified atom stereocenters. The molecule has 0 aromatic carbocycles. The molecule has 0 radical (unpaired) electrons. The second-order valence-corrected chi connectivity index (χ2v) is 5.19. The monoisotopic (exact) mass is 350 g/mol. The molecule has 0 saturated carbocycles. The molecule has 0 aromatic rings. The molecule has 0 fully saturated rings. The number of ether oxygens (including phenoxy) is 4. The third-order valence-electron chi connectivity index (χ3n) is 3.12. The molecule has 4 N–H and O–H groups in total. The molecule has 0 aromatic heterocycles. The van der Waals surface area contributed by atoms with Gasteiger partial charge in [0.05, 0.1) is 59.0 Å². The Morgan fingerprint density at radius 3 is 1.96 bits per heavy atom. The summed E-state index contributed by atoms with van der Waals surface area (Å²) in [5, 5.41) is 12.1. The third-order valence-corrected chi connectivity index (χ3v) is 3.12. The van der Waals surface area contributed by atoms with Crippen molar-refractivity contribution in [1.82, 2.24) is 5.32 Å². The maximum atomic E-state index is 11.5. The van der Waals surface area contributed by atoms with E-state index in [0.717, 1.165) is 0 Å². The highest BCUT2D eigenvalue weighted by Crippen LogP contribution is 1.94. The summed E-state index contributed by atoms with van der Waals surface area (Å²) in [5.41, 5.74) is 5.28. The molecule has 8 nitrogen and oxygen atoms in total. The Balaban J connectivity index is 3.15. The highest BCUT2D eigenvalue weighted by atomic mass is 16.6. The number of aliphatic hydroxyl groups excluding tert-OH is 1. The molecule has 0 heterocycles. The van der Waals surface area contributed by atoms with Crippen molar-refractivity contribution >= 4 is 5.91 Å². The second-order valence-electron chi connectivity index (χ2n) is 5.19. The summed E-state index contributed by atoms with van der Waals surface area (Å²) >= 11 is 0. The molecule has 0 aliphatic carbocycles. The van der Waals surface area contributed by atoms with E-state index in [0.29, 0.717) is 85.2 Å². The SMILES string of the molecule is CCC(O)CCNC(=O)CCOCCOCCOCCOCCN. The topological polar surface area (TPSA) is 112 Å². The Morgan fingerprint density at radius 2 is 1.46 bits per heavy atom. The van der Waals surface area contributed by atoms with E-state index in [-0.39, 0.29) is 12.0 Å². The average molecular weight is 350 g/mol. The zero-order valence-corrected chi connectivity index (χ0v) is 14.8. The smallest absolute Gasteiger partial charge is 0.222 e. The number of nitrogens with one attached hydrogen (secondary N) is 1. The molecule has 0 bridgehead atoms. The summed E-state index contributed by atoms with van der Waals surface area (Å²) in [4.78, 5) is 11.5. The first-order valence-electron chi connectivity index (χ1n) is 8.66. The van der Waals surface area contributed by atoms with Crippen LogP contribution in [0.5, 0.6) is 0 Å². The van der Waals surface area contributed by atoms with Crippen LogP contribution in [-0.4, -0.2) is 83.1 Å². The van der Waals surface area contributed by atoms with Crippen LogP contribution in [0, 0.1) is 0 Å². The van der Waals surface area contributed by atoms with Crippen molar-refractivity contribution < 1.29 is 28.8 Å². The molecule has 0 rings (SSSR count). The van der Waals surface area contributed by atoms with E-state index in [9.17, 15) is 9.90 Å². The van der Waals surface area contributed by atoms with Crippen LogP contribution >= 0.6 is 0 Å². The van der Waals surface area contributed by atoms with Gasteiger partial charge in [0, 0.05) is 19.5 Å². The first kappa shape index (κ1) is 23.2. The van der Waals surface area contributed by atoms with Gasteiger partial charge in [-0.3, -0.25) is 4.79 Å². The molecule has 1 atom stereocenters. The zero-order chi connectivity index (χ0) is 17.9. The second kappa shape index (κ2) is 18.6. The van der Waals surface area contributed by atoms with E-state index in [2.05, 4.69) is 5.32 Å². The molecule has 0 aliphatic heterocycles. The van der Waals surface area contributed by atoms with Crippen LogP contribution < -0.4 is 11.1 Å². The van der Waals surface area contributed by atoms with Crippen molar-refractivity contribution in [3.8, 4) is 0 Å². The van der Waals surface area contributed by atoms with Gasteiger partial charge in [0.1, 0.15) is 0 Å². The highest BCUT2D eigenvalue weighted by molar-refractivity contribution is 5.75. The Kier molecular flexibility index (Phi) is 18.0. The maximum Gasteiger partial charge on any atom is 0.222 e. The fourth-order valence-electron chi connectivity index (χ4n) is 1.68. The third kappa shape index (κ3) is 17.6. The molecule has 8 heteroatoms. The quantitative estimate of drug-likeness (QED) is 0.290. The van der Waals surface area contributed by atoms with E-state index in [1.54, 1.807) is 0 Å². The number of aliphatic hydroxyl groups is 1. The summed E-state index contributed by atoms with van der Waals surface area (Å²) in [6, 6.07) is 0.